The highest BCUT2D eigenvalue weighted by atomic mass is 35.5. The molecule has 2 saturated heterocycles. The van der Waals surface area contributed by atoms with E-state index in [4.69, 9.17) is 27.9 Å². The van der Waals surface area contributed by atoms with E-state index in [1.807, 2.05) is 0 Å². The Hall–Kier alpha value is -1.01. The second-order valence-corrected chi connectivity index (χ2v) is 6.73. The number of hydrogen-bond acceptors (Lipinski definition) is 3. The molecule has 1 aromatic carbocycles. The molecular formula is C15H19Cl2N3O2. The minimum atomic E-state index is -0.225. The molecule has 120 valence electrons. The Bertz CT molecular complexity index is 570. The molecule has 22 heavy (non-hydrogen) atoms. The summed E-state index contributed by atoms with van der Waals surface area (Å²) in [4.78, 5) is 14.5. The molecule has 2 fully saturated rings. The Morgan fingerprint density at radius 1 is 1.32 bits per heavy atom. The molecule has 0 aromatic heterocycles. The van der Waals surface area contributed by atoms with E-state index in [2.05, 4.69) is 22.5 Å². The van der Waals surface area contributed by atoms with Gasteiger partial charge < -0.3 is 15.4 Å². The number of hydrogen-bond donors (Lipinski definition) is 2. The summed E-state index contributed by atoms with van der Waals surface area (Å²) in [6.07, 6.45) is 1.18. The topological polar surface area (TPSA) is 53.6 Å². The average molecular weight is 344 g/mol. The predicted molar refractivity (Wildman–Crippen MR) is 87.8 cm³/mol. The fourth-order valence-corrected chi connectivity index (χ4v) is 3.37. The zero-order valence-electron chi connectivity index (χ0n) is 12.3. The maximum Gasteiger partial charge on any atom is 0.319 e. The van der Waals surface area contributed by atoms with Crippen molar-refractivity contribution in [2.24, 2.45) is 0 Å². The second-order valence-electron chi connectivity index (χ2n) is 5.91. The highest BCUT2D eigenvalue weighted by molar-refractivity contribution is 6.42. The van der Waals surface area contributed by atoms with Gasteiger partial charge in [0, 0.05) is 30.9 Å². The lowest BCUT2D eigenvalue weighted by molar-refractivity contribution is -0.0390. The first-order chi connectivity index (χ1) is 10.5. The maximum atomic E-state index is 12.1. The zero-order valence-corrected chi connectivity index (χ0v) is 13.8. The monoisotopic (exact) mass is 343 g/mol. The summed E-state index contributed by atoms with van der Waals surface area (Å²) in [5, 5.41) is 6.68. The first-order valence-electron chi connectivity index (χ1n) is 7.39. The third-order valence-electron chi connectivity index (χ3n) is 4.11. The highest BCUT2D eigenvalue weighted by Gasteiger charge is 2.36. The fraction of sp³-hybridized carbons (Fsp3) is 0.533. The van der Waals surface area contributed by atoms with E-state index < -0.39 is 0 Å². The SMILES string of the molecule is C[C@H]1CN2C[C@@H](NC(=O)Nc3ccc(Cl)c(Cl)c3)C[C@H]2CO1. The molecule has 7 heteroatoms. The van der Waals surface area contributed by atoms with Gasteiger partial charge in [0.25, 0.3) is 0 Å². The van der Waals surface area contributed by atoms with E-state index in [-0.39, 0.29) is 18.2 Å². The number of halogens is 2. The molecule has 2 aliphatic heterocycles. The van der Waals surface area contributed by atoms with Crippen LogP contribution in [0.5, 0.6) is 0 Å². The smallest absolute Gasteiger partial charge is 0.319 e. The third kappa shape index (κ3) is 3.66. The van der Waals surface area contributed by atoms with Gasteiger partial charge >= 0.3 is 6.03 Å². The van der Waals surface area contributed by atoms with Gasteiger partial charge in [-0.1, -0.05) is 23.2 Å². The predicted octanol–water partition coefficient (Wildman–Crippen LogP) is 2.98. The Labute approximate surface area is 139 Å². The molecule has 0 radical (unpaired) electrons. The van der Waals surface area contributed by atoms with Crippen LogP contribution in [0.1, 0.15) is 13.3 Å². The van der Waals surface area contributed by atoms with Gasteiger partial charge in [0.05, 0.1) is 22.8 Å². The molecule has 2 aliphatic rings. The number of benzene rings is 1. The minimum Gasteiger partial charge on any atom is -0.376 e. The number of fused-ring (bicyclic) bond motifs is 1. The van der Waals surface area contributed by atoms with Crippen LogP contribution < -0.4 is 10.6 Å². The van der Waals surface area contributed by atoms with E-state index >= 15 is 0 Å². The second kappa shape index (κ2) is 6.62. The molecule has 0 bridgehead atoms. The third-order valence-corrected chi connectivity index (χ3v) is 4.84. The van der Waals surface area contributed by atoms with E-state index in [0.29, 0.717) is 21.8 Å². The van der Waals surface area contributed by atoms with Crippen molar-refractivity contribution in [2.75, 3.05) is 25.0 Å². The van der Waals surface area contributed by atoms with Crippen LogP contribution in [0.3, 0.4) is 0 Å². The molecule has 2 amide bonds. The molecule has 0 aliphatic carbocycles. The largest absolute Gasteiger partial charge is 0.376 e. The van der Waals surface area contributed by atoms with Gasteiger partial charge in [0.15, 0.2) is 0 Å². The molecule has 3 atom stereocenters. The highest BCUT2D eigenvalue weighted by Crippen LogP contribution is 2.25. The van der Waals surface area contributed by atoms with Gasteiger partial charge in [-0.05, 0) is 31.5 Å². The number of anilines is 1. The van der Waals surface area contributed by atoms with E-state index in [1.54, 1.807) is 18.2 Å². The van der Waals surface area contributed by atoms with E-state index in [9.17, 15) is 4.79 Å². The van der Waals surface area contributed by atoms with Crippen LogP contribution in [0.2, 0.25) is 10.0 Å². The number of nitrogens with zero attached hydrogens (tertiary/aromatic N) is 1. The van der Waals surface area contributed by atoms with Crippen molar-refractivity contribution in [1.29, 1.82) is 0 Å². The van der Waals surface area contributed by atoms with Gasteiger partial charge in [0.2, 0.25) is 0 Å². The van der Waals surface area contributed by atoms with Crippen LogP contribution in [0, 0.1) is 0 Å². The van der Waals surface area contributed by atoms with Gasteiger partial charge in [-0.25, -0.2) is 4.79 Å². The maximum absolute atomic E-state index is 12.1. The van der Waals surface area contributed by atoms with E-state index in [0.717, 1.165) is 26.1 Å². The van der Waals surface area contributed by atoms with Crippen molar-refractivity contribution >= 4 is 34.9 Å². The van der Waals surface area contributed by atoms with Crippen molar-refractivity contribution in [3.05, 3.63) is 28.2 Å². The molecule has 0 unspecified atom stereocenters. The van der Waals surface area contributed by atoms with Gasteiger partial charge in [-0.15, -0.1) is 0 Å². The Morgan fingerprint density at radius 3 is 2.91 bits per heavy atom. The van der Waals surface area contributed by atoms with Crippen LogP contribution in [0.15, 0.2) is 18.2 Å². The summed E-state index contributed by atoms with van der Waals surface area (Å²) in [6.45, 7) is 4.62. The molecule has 1 aromatic rings. The van der Waals surface area contributed by atoms with Crippen LogP contribution in [0.4, 0.5) is 10.5 Å². The summed E-state index contributed by atoms with van der Waals surface area (Å²) in [7, 11) is 0. The van der Waals surface area contributed by atoms with Crippen LogP contribution in [-0.4, -0.2) is 48.8 Å². The summed E-state index contributed by atoms with van der Waals surface area (Å²) in [6, 6.07) is 5.34. The number of carbonyl (C=O) groups is 1. The van der Waals surface area contributed by atoms with Crippen molar-refractivity contribution in [1.82, 2.24) is 10.2 Å². The molecule has 0 saturated carbocycles. The van der Waals surface area contributed by atoms with Gasteiger partial charge in [0.1, 0.15) is 0 Å². The van der Waals surface area contributed by atoms with Crippen LogP contribution in [0.25, 0.3) is 0 Å². The Morgan fingerprint density at radius 2 is 2.14 bits per heavy atom. The number of ether oxygens (including phenoxy) is 1. The summed E-state index contributed by atoms with van der Waals surface area (Å²) >= 11 is 11.8. The number of rotatable bonds is 2. The number of morpholine rings is 1. The van der Waals surface area contributed by atoms with Crippen LogP contribution >= 0.6 is 23.2 Å². The quantitative estimate of drug-likeness (QED) is 0.867. The number of amides is 2. The van der Waals surface area contributed by atoms with Crippen LogP contribution in [-0.2, 0) is 4.74 Å². The summed E-state index contributed by atoms with van der Waals surface area (Å²) < 4.78 is 5.67. The molecule has 3 rings (SSSR count). The molecule has 2 N–H and O–H groups in total. The Balaban J connectivity index is 1.53. The molecule has 0 spiro atoms. The molecule has 5 nitrogen and oxygen atoms in total. The van der Waals surface area contributed by atoms with E-state index in [1.165, 1.54) is 0 Å². The summed E-state index contributed by atoms with van der Waals surface area (Å²) in [5.74, 6) is 0. The zero-order chi connectivity index (χ0) is 15.7. The average Bonchev–Trinajstić information content (AvgIpc) is 2.84. The fourth-order valence-electron chi connectivity index (χ4n) is 3.07. The first kappa shape index (κ1) is 15.9. The molecule has 2 heterocycles. The van der Waals surface area contributed by atoms with Crippen molar-refractivity contribution in [3.63, 3.8) is 0 Å². The van der Waals surface area contributed by atoms with Gasteiger partial charge in [-0.2, -0.15) is 0 Å². The standard InChI is InChI=1S/C15H19Cl2N3O2/c1-9-6-20-7-11(4-12(20)8-22-9)19-15(21)18-10-2-3-13(16)14(17)5-10/h2-3,5,9,11-12H,4,6-8H2,1H3,(H2,18,19,21)/t9-,11-,12-/m0/s1. The number of nitrogens with one attached hydrogen (secondary N) is 2. The van der Waals surface area contributed by atoms with Gasteiger partial charge in [-0.3, -0.25) is 4.90 Å². The lowest BCUT2D eigenvalue weighted by Gasteiger charge is -2.33. The normalized spacial score (nSPS) is 28.2. The first-order valence-corrected chi connectivity index (χ1v) is 8.15. The number of carbonyl (C=O) groups excluding carboxylic acids is 1. The summed E-state index contributed by atoms with van der Waals surface area (Å²) in [5.41, 5.74) is 0.625. The number of urea groups is 1. The minimum absolute atomic E-state index is 0.140. The molecular weight excluding hydrogens is 325 g/mol. The van der Waals surface area contributed by atoms with Crippen molar-refractivity contribution < 1.29 is 9.53 Å². The Kier molecular flexibility index (Phi) is 4.78. The van der Waals surface area contributed by atoms with Crippen molar-refractivity contribution in [3.8, 4) is 0 Å². The lowest BCUT2D eigenvalue weighted by Crippen LogP contribution is -2.45. The lowest BCUT2D eigenvalue weighted by atomic mass is 10.1. The van der Waals surface area contributed by atoms with Crippen molar-refractivity contribution in [2.45, 2.75) is 31.5 Å².